The number of rotatable bonds is 1. The normalized spacial score (nSPS) is 11.9. The second-order valence-electron chi connectivity index (χ2n) is 7.62. The Bertz CT molecular complexity index is 1410. The van der Waals surface area contributed by atoms with Crippen LogP contribution in [0.3, 0.4) is 0 Å². The van der Waals surface area contributed by atoms with Crippen molar-refractivity contribution < 1.29 is 0 Å². The van der Waals surface area contributed by atoms with Crippen LogP contribution in [0.5, 0.6) is 0 Å². The Kier molecular flexibility index (Phi) is 3.05. The number of nitrogens with zero attached hydrogens (tertiary/aromatic N) is 2. The van der Waals surface area contributed by atoms with E-state index >= 15 is 0 Å². The van der Waals surface area contributed by atoms with Crippen molar-refractivity contribution in [3.63, 3.8) is 0 Å². The molecule has 0 saturated carbocycles. The van der Waals surface area contributed by atoms with Gasteiger partial charge in [-0.3, -0.25) is 0 Å². The van der Waals surface area contributed by atoms with E-state index in [1.165, 1.54) is 54.7 Å². The number of para-hydroxylation sites is 2. The van der Waals surface area contributed by atoms with Crippen molar-refractivity contribution in [1.29, 1.82) is 0 Å². The summed E-state index contributed by atoms with van der Waals surface area (Å²) in [6.45, 7) is 0. The van der Waals surface area contributed by atoms with Crippen molar-refractivity contribution in [3.05, 3.63) is 84.9 Å². The largest absolute Gasteiger partial charge is 0.344 e. The molecule has 6 rings (SSSR count). The van der Waals surface area contributed by atoms with Crippen molar-refractivity contribution in [2.45, 2.75) is 0 Å². The summed E-state index contributed by atoms with van der Waals surface area (Å²) in [6, 6.07) is 30.9. The zero-order valence-electron chi connectivity index (χ0n) is 16.0. The summed E-state index contributed by atoms with van der Waals surface area (Å²) in [5.41, 5.74) is 7.63. The van der Waals surface area contributed by atoms with Crippen molar-refractivity contribution in [3.8, 4) is 11.1 Å². The van der Waals surface area contributed by atoms with Crippen molar-refractivity contribution in [2.24, 2.45) is 14.1 Å². The highest BCUT2D eigenvalue weighted by molar-refractivity contribution is 6.11. The van der Waals surface area contributed by atoms with Gasteiger partial charge in [0.05, 0.1) is 0 Å². The number of aryl methyl sites for hydroxylation is 2. The lowest BCUT2D eigenvalue weighted by Crippen LogP contribution is -1.87. The molecular weight excluding hydrogens is 340 g/mol. The van der Waals surface area contributed by atoms with Gasteiger partial charge in [-0.25, -0.2) is 0 Å². The van der Waals surface area contributed by atoms with Gasteiger partial charge in [-0.2, -0.15) is 0 Å². The Morgan fingerprint density at radius 2 is 0.821 bits per heavy atom. The first-order chi connectivity index (χ1) is 13.7. The van der Waals surface area contributed by atoms with E-state index in [0.717, 1.165) is 0 Å². The molecule has 0 amide bonds. The molecule has 0 aliphatic heterocycles. The second-order valence-corrected chi connectivity index (χ2v) is 7.62. The lowest BCUT2D eigenvalue weighted by molar-refractivity contribution is 1.01. The van der Waals surface area contributed by atoms with E-state index < -0.39 is 0 Å². The van der Waals surface area contributed by atoms with Gasteiger partial charge in [0.25, 0.3) is 0 Å². The topological polar surface area (TPSA) is 9.86 Å². The van der Waals surface area contributed by atoms with Crippen LogP contribution < -0.4 is 0 Å². The molecule has 0 N–H and O–H groups in total. The third-order valence-electron chi connectivity index (χ3n) is 6.16. The van der Waals surface area contributed by atoms with Crippen molar-refractivity contribution in [1.82, 2.24) is 9.13 Å². The van der Waals surface area contributed by atoms with Gasteiger partial charge in [-0.15, -0.1) is 0 Å². The molecule has 0 aliphatic rings. The zero-order valence-corrected chi connectivity index (χ0v) is 16.0. The maximum Gasteiger partial charge on any atom is 0.0489 e. The number of fused-ring (bicyclic) bond motifs is 6. The molecule has 0 bridgehead atoms. The molecule has 0 fully saturated rings. The van der Waals surface area contributed by atoms with E-state index in [1.807, 2.05) is 0 Å². The first kappa shape index (κ1) is 15.5. The summed E-state index contributed by atoms with van der Waals surface area (Å²) < 4.78 is 4.56. The molecule has 28 heavy (non-hydrogen) atoms. The quantitative estimate of drug-likeness (QED) is 0.311. The fourth-order valence-corrected chi connectivity index (χ4v) is 4.69. The molecule has 0 radical (unpaired) electrons. The van der Waals surface area contributed by atoms with E-state index in [4.69, 9.17) is 0 Å². The molecule has 0 unspecified atom stereocenters. The van der Waals surface area contributed by atoms with Gasteiger partial charge in [-0.05, 0) is 47.5 Å². The number of benzene rings is 4. The molecule has 134 valence electrons. The first-order valence-corrected chi connectivity index (χ1v) is 9.67. The van der Waals surface area contributed by atoms with Crippen LogP contribution in [0, 0.1) is 0 Å². The third-order valence-corrected chi connectivity index (χ3v) is 6.16. The van der Waals surface area contributed by atoms with Crippen molar-refractivity contribution >= 4 is 43.6 Å². The Labute approximate surface area is 163 Å². The summed E-state index contributed by atoms with van der Waals surface area (Å²) in [7, 11) is 4.29. The van der Waals surface area contributed by atoms with E-state index in [1.54, 1.807) is 0 Å². The molecule has 0 spiro atoms. The standard InChI is InChI=1S/C26H20N2/c1-27-23-9-5-3-7-19(23)21-15-17(11-13-25(21)27)18-12-14-26-22(16-18)20-8-4-6-10-24(20)28(26)2/h3-16H,1-2H3. The van der Waals surface area contributed by atoms with Crippen LogP contribution in [0.1, 0.15) is 0 Å². The van der Waals surface area contributed by atoms with E-state index in [0.29, 0.717) is 0 Å². The Morgan fingerprint density at radius 3 is 1.29 bits per heavy atom. The lowest BCUT2D eigenvalue weighted by Gasteiger charge is -2.05. The van der Waals surface area contributed by atoms with Gasteiger partial charge >= 0.3 is 0 Å². The van der Waals surface area contributed by atoms with Crippen LogP contribution in [-0.4, -0.2) is 9.13 Å². The minimum atomic E-state index is 1.26. The Hall–Kier alpha value is -3.52. The minimum absolute atomic E-state index is 1.26. The second kappa shape index (κ2) is 5.49. The summed E-state index contributed by atoms with van der Waals surface area (Å²) in [6.07, 6.45) is 0. The fraction of sp³-hybridized carbons (Fsp3) is 0.0769. The SMILES string of the molecule is Cn1c2ccccc2c2cc(-c3ccc4c(c3)c3ccccc3n4C)ccc21. The van der Waals surface area contributed by atoms with Gasteiger partial charge in [0.1, 0.15) is 0 Å². The summed E-state index contributed by atoms with van der Waals surface area (Å²) in [5, 5.41) is 5.25. The van der Waals surface area contributed by atoms with Crippen LogP contribution in [-0.2, 0) is 14.1 Å². The van der Waals surface area contributed by atoms with E-state index in [9.17, 15) is 0 Å². The Morgan fingerprint density at radius 1 is 0.429 bits per heavy atom. The van der Waals surface area contributed by atoms with Crippen LogP contribution in [0.15, 0.2) is 84.9 Å². The molecule has 6 aromatic rings. The highest BCUT2D eigenvalue weighted by Crippen LogP contribution is 2.35. The molecule has 2 heteroatoms. The number of hydrogen-bond acceptors (Lipinski definition) is 0. The van der Waals surface area contributed by atoms with Gasteiger partial charge < -0.3 is 9.13 Å². The smallest absolute Gasteiger partial charge is 0.0489 e. The first-order valence-electron chi connectivity index (χ1n) is 9.67. The predicted octanol–water partition coefficient (Wildman–Crippen LogP) is 6.64. The fourth-order valence-electron chi connectivity index (χ4n) is 4.69. The van der Waals surface area contributed by atoms with Crippen molar-refractivity contribution in [2.75, 3.05) is 0 Å². The minimum Gasteiger partial charge on any atom is -0.344 e. The zero-order chi connectivity index (χ0) is 18.8. The molecule has 0 atom stereocenters. The average Bonchev–Trinajstić information content (AvgIpc) is 3.20. The number of hydrogen-bond donors (Lipinski definition) is 0. The average molecular weight is 360 g/mol. The summed E-state index contributed by atoms with van der Waals surface area (Å²) >= 11 is 0. The molecule has 0 aliphatic carbocycles. The van der Waals surface area contributed by atoms with Gasteiger partial charge in [0.15, 0.2) is 0 Å². The third kappa shape index (κ3) is 1.97. The molecule has 2 aromatic heterocycles. The molecule has 2 nitrogen and oxygen atoms in total. The Balaban J connectivity index is 1.63. The summed E-state index contributed by atoms with van der Waals surface area (Å²) in [4.78, 5) is 0. The van der Waals surface area contributed by atoms with Crippen LogP contribution in [0.25, 0.3) is 54.7 Å². The van der Waals surface area contributed by atoms with Gasteiger partial charge in [0, 0.05) is 57.7 Å². The molecule has 2 heterocycles. The summed E-state index contributed by atoms with van der Waals surface area (Å²) in [5.74, 6) is 0. The predicted molar refractivity (Wildman–Crippen MR) is 120 cm³/mol. The van der Waals surface area contributed by atoms with Crippen LogP contribution in [0.2, 0.25) is 0 Å². The van der Waals surface area contributed by atoms with Gasteiger partial charge in [-0.1, -0.05) is 48.5 Å². The maximum absolute atomic E-state index is 2.34. The lowest BCUT2D eigenvalue weighted by atomic mass is 10.0. The number of aromatic nitrogens is 2. The molecule has 4 aromatic carbocycles. The highest BCUT2D eigenvalue weighted by atomic mass is 14.9. The molecule has 0 saturated heterocycles. The monoisotopic (exact) mass is 360 g/mol. The highest BCUT2D eigenvalue weighted by Gasteiger charge is 2.11. The van der Waals surface area contributed by atoms with Gasteiger partial charge in [0.2, 0.25) is 0 Å². The van der Waals surface area contributed by atoms with Crippen LogP contribution in [0.4, 0.5) is 0 Å². The van der Waals surface area contributed by atoms with Crippen LogP contribution >= 0.6 is 0 Å². The van der Waals surface area contributed by atoms with E-state index in [-0.39, 0.29) is 0 Å². The maximum atomic E-state index is 2.34. The van der Waals surface area contributed by atoms with E-state index in [2.05, 4.69) is 108 Å². The molecular formula is C26H20N2.